The average molecular weight is 460 g/mol. The first-order valence-electron chi connectivity index (χ1n) is 11.1. The fraction of sp³-hybridized carbons (Fsp3) is 0.250. The van der Waals surface area contributed by atoms with Crippen molar-refractivity contribution in [2.24, 2.45) is 5.92 Å². The maximum Gasteiger partial charge on any atom is 0.279 e. The highest BCUT2D eigenvalue weighted by Crippen LogP contribution is 2.27. The number of benzene rings is 1. The zero-order valence-electron chi connectivity index (χ0n) is 18.7. The van der Waals surface area contributed by atoms with E-state index in [0.717, 1.165) is 5.56 Å². The van der Waals surface area contributed by atoms with Gasteiger partial charge in [0.1, 0.15) is 11.5 Å². The number of carbonyl (C=O) groups excluding carboxylic acids is 2. The summed E-state index contributed by atoms with van der Waals surface area (Å²) < 4.78 is 12.3. The topological polar surface area (TPSA) is 127 Å². The van der Waals surface area contributed by atoms with Gasteiger partial charge in [0.05, 0.1) is 12.2 Å². The number of aromatic nitrogens is 3. The molecule has 0 saturated carbocycles. The Labute approximate surface area is 195 Å². The number of hydrogen-bond donors (Lipinski definition) is 3. The number of carbonyl (C=O) groups is 2. The van der Waals surface area contributed by atoms with Gasteiger partial charge in [0.25, 0.3) is 5.91 Å². The molecule has 4 heterocycles. The molecule has 1 aliphatic rings. The van der Waals surface area contributed by atoms with E-state index < -0.39 is 12.2 Å². The number of amides is 2. The van der Waals surface area contributed by atoms with E-state index in [1.165, 1.54) is 4.68 Å². The van der Waals surface area contributed by atoms with Crippen LogP contribution in [0.5, 0.6) is 0 Å². The van der Waals surface area contributed by atoms with E-state index in [2.05, 4.69) is 26.2 Å². The Morgan fingerprint density at radius 3 is 2.68 bits per heavy atom. The summed E-state index contributed by atoms with van der Waals surface area (Å²) in [6.45, 7) is 3.93. The SMILES string of the molecule is CCC1C(=O)NC(n2nc(-c3ccco3)cc2NC(=O)c2cc(-c3ccccc3)on2)NC1C. The smallest absolute Gasteiger partial charge is 0.279 e. The summed E-state index contributed by atoms with van der Waals surface area (Å²) in [5, 5.41) is 17.6. The van der Waals surface area contributed by atoms with E-state index in [1.807, 2.05) is 44.2 Å². The van der Waals surface area contributed by atoms with Gasteiger partial charge in [0.2, 0.25) is 5.91 Å². The Balaban J connectivity index is 1.43. The Morgan fingerprint density at radius 1 is 1.15 bits per heavy atom. The largest absolute Gasteiger partial charge is 0.463 e. The molecule has 0 spiro atoms. The van der Waals surface area contributed by atoms with Crippen LogP contribution in [0.4, 0.5) is 5.82 Å². The lowest BCUT2D eigenvalue weighted by atomic mass is 9.95. The molecule has 4 aromatic rings. The summed E-state index contributed by atoms with van der Waals surface area (Å²) in [7, 11) is 0. The van der Waals surface area contributed by atoms with Crippen molar-refractivity contribution in [3.8, 4) is 22.8 Å². The van der Waals surface area contributed by atoms with E-state index >= 15 is 0 Å². The first kappa shape index (κ1) is 21.7. The molecule has 10 nitrogen and oxygen atoms in total. The summed E-state index contributed by atoms with van der Waals surface area (Å²) in [5.74, 6) is 0.677. The summed E-state index contributed by atoms with van der Waals surface area (Å²) >= 11 is 0. The molecule has 3 aromatic heterocycles. The van der Waals surface area contributed by atoms with Crippen LogP contribution in [-0.4, -0.2) is 32.8 Å². The Hall–Kier alpha value is -4.18. The highest BCUT2D eigenvalue weighted by Gasteiger charge is 2.34. The zero-order chi connectivity index (χ0) is 23.7. The van der Waals surface area contributed by atoms with E-state index in [-0.39, 0.29) is 23.6 Å². The van der Waals surface area contributed by atoms with Crippen LogP contribution >= 0.6 is 0 Å². The molecule has 10 heteroatoms. The van der Waals surface area contributed by atoms with Crippen molar-refractivity contribution in [2.45, 2.75) is 32.6 Å². The molecular weight excluding hydrogens is 436 g/mol. The summed E-state index contributed by atoms with van der Waals surface area (Å²) in [6.07, 6.45) is 1.60. The monoisotopic (exact) mass is 460 g/mol. The predicted octanol–water partition coefficient (Wildman–Crippen LogP) is 3.64. The van der Waals surface area contributed by atoms with Crippen molar-refractivity contribution < 1.29 is 18.5 Å². The zero-order valence-corrected chi connectivity index (χ0v) is 18.7. The molecule has 1 fully saturated rings. The lowest BCUT2D eigenvalue weighted by Gasteiger charge is -2.35. The minimum Gasteiger partial charge on any atom is -0.463 e. The van der Waals surface area contributed by atoms with Crippen molar-refractivity contribution in [3.63, 3.8) is 0 Å². The van der Waals surface area contributed by atoms with Gasteiger partial charge in [-0.3, -0.25) is 14.9 Å². The van der Waals surface area contributed by atoms with E-state index in [4.69, 9.17) is 8.94 Å². The van der Waals surface area contributed by atoms with E-state index in [9.17, 15) is 9.59 Å². The highest BCUT2D eigenvalue weighted by atomic mass is 16.5. The van der Waals surface area contributed by atoms with Gasteiger partial charge in [0.15, 0.2) is 23.5 Å². The van der Waals surface area contributed by atoms with Crippen molar-refractivity contribution in [1.82, 2.24) is 25.6 Å². The van der Waals surface area contributed by atoms with Crippen molar-refractivity contribution in [2.75, 3.05) is 5.32 Å². The van der Waals surface area contributed by atoms with Gasteiger partial charge in [-0.1, -0.05) is 42.4 Å². The number of furan rings is 1. The van der Waals surface area contributed by atoms with Gasteiger partial charge < -0.3 is 19.6 Å². The quantitative estimate of drug-likeness (QED) is 0.401. The van der Waals surface area contributed by atoms with Crippen LogP contribution < -0.4 is 16.0 Å². The molecule has 3 unspecified atom stereocenters. The Kier molecular flexibility index (Phi) is 5.72. The normalized spacial score (nSPS) is 20.2. The number of rotatable bonds is 6. The summed E-state index contributed by atoms with van der Waals surface area (Å²) in [4.78, 5) is 25.6. The van der Waals surface area contributed by atoms with Gasteiger partial charge in [0, 0.05) is 23.7 Å². The fourth-order valence-corrected chi connectivity index (χ4v) is 4.08. The summed E-state index contributed by atoms with van der Waals surface area (Å²) in [5.41, 5.74) is 1.44. The van der Waals surface area contributed by atoms with Crippen LogP contribution in [0, 0.1) is 5.92 Å². The van der Waals surface area contributed by atoms with Gasteiger partial charge in [-0.05, 0) is 25.5 Å². The maximum absolute atomic E-state index is 13.0. The number of hydrogen-bond acceptors (Lipinski definition) is 7. The summed E-state index contributed by atoms with van der Waals surface area (Å²) in [6, 6.07) is 16.1. The second-order valence-corrected chi connectivity index (χ2v) is 8.11. The van der Waals surface area contributed by atoms with Crippen LogP contribution in [0.15, 0.2) is 69.8 Å². The fourth-order valence-electron chi connectivity index (χ4n) is 4.08. The molecule has 0 aliphatic carbocycles. The van der Waals surface area contributed by atoms with Crippen LogP contribution in [0.3, 0.4) is 0 Å². The minimum absolute atomic E-state index is 0.0740. The van der Waals surface area contributed by atoms with E-state index in [0.29, 0.717) is 29.5 Å². The molecule has 174 valence electrons. The van der Waals surface area contributed by atoms with Crippen LogP contribution in [0.25, 0.3) is 22.8 Å². The third kappa shape index (κ3) is 4.11. The molecule has 3 atom stereocenters. The maximum atomic E-state index is 13.0. The predicted molar refractivity (Wildman–Crippen MR) is 123 cm³/mol. The molecule has 0 bridgehead atoms. The van der Waals surface area contributed by atoms with Gasteiger partial charge in [-0.2, -0.15) is 5.10 Å². The van der Waals surface area contributed by atoms with Crippen molar-refractivity contribution >= 4 is 17.6 Å². The van der Waals surface area contributed by atoms with Crippen molar-refractivity contribution in [3.05, 3.63) is 66.6 Å². The molecule has 2 amide bonds. The third-order valence-corrected chi connectivity index (χ3v) is 5.88. The molecule has 0 radical (unpaired) electrons. The average Bonchev–Trinajstić information content (AvgIpc) is 3.60. The molecule has 3 N–H and O–H groups in total. The second-order valence-electron chi connectivity index (χ2n) is 8.11. The van der Waals surface area contributed by atoms with Crippen LogP contribution in [0.1, 0.15) is 37.0 Å². The van der Waals surface area contributed by atoms with Crippen molar-refractivity contribution in [1.29, 1.82) is 0 Å². The first-order chi connectivity index (χ1) is 16.5. The molecule has 34 heavy (non-hydrogen) atoms. The van der Waals surface area contributed by atoms with Gasteiger partial charge in [-0.15, -0.1) is 0 Å². The molecule has 1 aliphatic heterocycles. The highest BCUT2D eigenvalue weighted by molar-refractivity contribution is 6.03. The van der Waals surface area contributed by atoms with Gasteiger partial charge >= 0.3 is 0 Å². The number of nitrogens with one attached hydrogen (secondary N) is 3. The second kappa shape index (κ2) is 8.99. The van der Waals surface area contributed by atoms with Crippen LogP contribution in [0.2, 0.25) is 0 Å². The molecule has 1 saturated heterocycles. The molecular formula is C24H24N6O4. The Morgan fingerprint density at radius 2 is 1.97 bits per heavy atom. The first-order valence-corrected chi connectivity index (χ1v) is 11.1. The minimum atomic E-state index is -0.651. The lowest BCUT2D eigenvalue weighted by molar-refractivity contribution is -0.130. The molecule has 5 rings (SSSR count). The lowest BCUT2D eigenvalue weighted by Crippen LogP contribution is -2.57. The van der Waals surface area contributed by atoms with Crippen LogP contribution in [-0.2, 0) is 4.79 Å². The number of anilines is 1. The van der Waals surface area contributed by atoms with Gasteiger partial charge in [-0.25, -0.2) is 4.68 Å². The third-order valence-electron chi connectivity index (χ3n) is 5.88. The number of nitrogens with zero attached hydrogens (tertiary/aromatic N) is 3. The Bertz CT molecular complexity index is 1290. The standard InChI is InChI=1S/C24H24N6O4/c1-3-16-14(2)25-24(27-22(16)31)30-21(13-17(28-30)19-10-7-11-33-19)26-23(32)18-12-20(34-29-18)15-8-5-4-6-9-15/h4-14,16,24-25H,3H2,1-2H3,(H,26,32)(H,27,31). The van der Waals surface area contributed by atoms with E-state index in [1.54, 1.807) is 30.5 Å². The molecule has 1 aromatic carbocycles.